The Morgan fingerprint density at radius 3 is 3.07 bits per heavy atom. The number of H-pyrrole nitrogens is 1. The zero-order chi connectivity index (χ0) is 10.2. The molecule has 0 aromatic carbocycles. The lowest BCUT2D eigenvalue weighted by Gasteiger charge is -2.13. The molecule has 0 fully saturated rings. The van der Waals surface area contributed by atoms with Gasteiger partial charge in [-0.1, -0.05) is 6.92 Å². The fourth-order valence-corrected chi connectivity index (χ4v) is 1.39. The zero-order valence-corrected chi connectivity index (χ0v) is 8.80. The van der Waals surface area contributed by atoms with Crippen LogP contribution in [0.15, 0.2) is 12.4 Å². The Balaban J connectivity index is 2.50. The van der Waals surface area contributed by atoms with Crippen LogP contribution in [0.2, 0.25) is 0 Å². The van der Waals surface area contributed by atoms with Gasteiger partial charge in [0.2, 0.25) is 0 Å². The van der Waals surface area contributed by atoms with E-state index in [4.69, 9.17) is 0 Å². The van der Waals surface area contributed by atoms with Crippen LogP contribution in [-0.4, -0.2) is 16.5 Å². The summed E-state index contributed by atoms with van der Waals surface area (Å²) in [5.74, 6) is 6.97. The molecule has 76 valence electrons. The van der Waals surface area contributed by atoms with Gasteiger partial charge in [-0.3, -0.25) is 0 Å². The van der Waals surface area contributed by atoms with Crippen molar-refractivity contribution < 1.29 is 0 Å². The molecule has 1 atom stereocenters. The third-order valence-corrected chi connectivity index (χ3v) is 2.03. The van der Waals surface area contributed by atoms with Gasteiger partial charge in [-0.25, -0.2) is 4.98 Å². The third-order valence-electron chi connectivity index (χ3n) is 2.03. The molecule has 3 heteroatoms. The van der Waals surface area contributed by atoms with E-state index in [1.165, 1.54) is 0 Å². The molecule has 1 heterocycles. The minimum absolute atomic E-state index is 0.302. The van der Waals surface area contributed by atoms with Gasteiger partial charge in [0, 0.05) is 18.8 Å². The lowest BCUT2D eigenvalue weighted by molar-refractivity contribution is 0.501. The van der Waals surface area contributed by atoms with Crippen LogP contribution in [0.3, 0.4) is 0 Å². The average molecular weight is 191 g/mol. The minimum Gasteiger partial charge on any atom is -0.347 e. The number of nitrogens with zero attached hydrogens (tertiary/aromatic N) is 1. The Hall–Kier alpha value is -1.27. The summed E-state index contributed by atoms with van der Waals surface area (Å²) in [6.45, 7) is 4.92. The number of hydrogen-bond acceptors (Lipinski definition) is 2. The molecule has 0 amide bonds. The highest BCUT2D eigenvalue weighted by Crippen LogP contribution is 2.13. The van der Waals surface area contributed by atoms with E-state index in [0.717, 1.165) is 25.2 Å². The van der Waals surface area contributed by atoms with E-state index < -0.39 is 0 Å². The molecule has 0 radical (unpaired) electrons. The first kappa shape index (κ1) is 10.8. The number of imidazole rings is 1. The summed E-state index contributed by atoms with van der Waals surface area (Å²) < 4.78 is 0. The van der Waals surface area contributed by atoms with Crippen LogP contribution in [0, 0.1) is 11.8 Å². The summed E-state index contributed by atoms with van der Waals surface area (Å²) in [5.41, 5.74) is 0. The van der Waals surface area contributed by atoms with E-state index in [2.05, 4.69) is 34.0 Å². The van der Waals surface area contributed by atoms with Crippen LogP contribution in [0.25, 0.3) is 0 Å². The summed E-state index contributed by atoms with van der Waals surface area (Å²) in [5, 5.41) is 3.38. The predicted molar refractivity (Wildman–Crippen MR) is 57.7 cm³/mol. The predicted octanol–water partition coefficient (Wildman–Crippen LogP) is 1.86. The molecule has 0 saturated heterocycles. The fraction of sp³-hybridized carbons (Fsp3) is 0.545. The maximum Gasteiger partial charge on any atom is 0.123 e. The van der Waals surface area contributed by atoms with Gasteiger partial charge in [-0.05, 0) is 19.9 Å². The van der Waals surface area contributed by atoms with Crippen LogP contribution >= 0.6 is 0 Å². The van der Waals surface area contributed by atoms with Crippen molar-refractivity contribution in [2.45, 2.75) is 32.7 Å². The highest BCUT2D eigenvalue weighted by atomic mass is 15.0. The van der Waals surface area contributed by atoms with Crippen molar-refractivity contribution >= 4 is 0 Å². The summed E-state index contributed by atoms with van der Waals surface area (Å²) in [7, 11) is 0. The van der Waals surface area contributed by atoms with Gasteiger partial charge in [-0.2, -0.15) is 0 Å². The average Bonchev–Trinajstić information content (AvgIpc) is 2.70. The summed E-state index contributed by atoms with van der Waals surface area (Å²) in [6.07, 6.45) is 5.55. The van der Waals surface area contributed by atoms with Gasteiger partial charge >= 0.3 is 0 Å². The van der Waals surface area contributed by atoms with Crippen molar-refractivity contribution in [3.63, 3.8) is 0 Å². The Kier molecular flexibility index (Phi) is 4.81. The fourth-order valence-electron chi connectivity index (χ4n) is 1.39. The van der Waals surface area contributed by atoms with Gasteiger partial charge in [0.1, 0.15) is 5.82 Å². The molecular formula is C11H17N3. The van der Waals surface area contributed by atoms with Gasteiger partial charge in [0.05, 0.1) is 6.04 Å². The van der Waals surface area contributed by atoms with E-state index in [1.54, 1.807) is 6.20 Å². The second-order valence-electron chi connectivity index (χ2n) is 3.05. The maximum absolute atomic E-state index is 4.25. The molecular weight excluding hydrogens is 174 g/mol. The Labute approximate surface area is 85.3 Å². The van der Waals surface area contributed by atoms with Crippen LogP contribution in [0.5, 0.6) is 0 Å². The second-order valence-corrected chi connectivity index (χ2v) is 3.05. The Bertz CT molecular complexity index is 292. The van der Waals surface area contributed by atoms with E-state index >= 15 is 0 Å². The van der Waals surface area contributed by atoms with Crippen LogP contribution in [-0.2, 0) is 0 Å². The standard InChI is InChI=1S/C11H17N3/c1-3-5-6-7-10(12-4-2)11-13-8-9-14-11/h8-10,12H,4,6-7H2,1-2H3,(H,13,14). The molecule has 3 nitrogen and oxygen atoms in total. The molecule has 0 bridgehead atoms. The number of aromatic nitrogens is 2. The lowest BCUT2D eigenvalue weighted by atomic mass is 10.1. The molecule has 0 aliphatic heterocycles. The van der Waals surface area contributed by atoms with Gasteiger partial charge in [0.15, 0.2) is 0 Å². The number of nitrogens with one attached hydrogen (secondary N) is 2. The number of hydrogen-bond donors (Lipinski definition) is 2. The molecule has 0 aliphatic carbocycles. The van der Waals surface area contributed by atoms with Crippen LogP contribution in [0.4, 0.5) is 0 Å². The van der Waals surface area contributed by atoms with Gasteiger partial charge < -0.3 is 10.3 Å². The van der Waals surface area contributed by atoms with Crippen LogP contribution in [0.1, 0.15) is 38.6 Å². The SMILES string of the molecule is CC#CCCC(NCC)c1ncc[nH]1. The molecule has 1 aromatic rings. The van der Waals surface area contributed by atoms with Crippen molar-refractivity contribution in [1.82, 2.24) is 15.3 Å². The number of aromatic amines is 1. The third kappa shape index (κ3) is 3.23. The van der Waals surface area contributed by atoms with Gasteiger partial charge in [-0.15, -0.1) is 11.8 Å². The normalized spacial score (nSPS) is 11.9. The summed E-state index contributed by atoms with van der Waals surface area (Å²) in [6, 6.07) is 0.302. The van der Waals surface area contributed by atoms with Crippen molar-refractivity contribution in [1.29, 1.82) is 0 Å². The van der Waals surface area contributed by atoms with Crippen molar-refractivity contribution in [3.8, 4) is 11.8 Å². The molecule has 1 rings (SSSR count). The number of rotatable bonds is 5. The van der Waals surface area contributed by atoms with Crippen molar-refractivity contribution in [2.75, 3.05) is 6.54 Å². The summed E-state index contributed by atoms with van der Waals surface area (Å²) in [4.78, 5) is 7.37. The molecule has 0 aliphatic rings. The Morgan fingerprint density at radius 1 is 1.64 bits per heavy atom. The molecule has 0 spiro atoms. The van der Waals surface area contributed by atoms with E-state index in [9.17, 15) is 0 Å². The smallest absolute Gasteiger partial charge is 0.123 e. The van der Waals surface area contributed by atoms with Gasteiger partial charge in [0.25, 0.3) is 0 Å². The molecule has 2 N–H and O–H groups in total. The lowest BCUT2D eigenvalue weighted by Crippen LogP contribution is -2.21. The first-order valence-corrected chi connectivity index (χ1v) is 5.00. The first-order chi connectivity index (χ1) is 6.88. The first-order valence-electron chi connectivity index (χ1n) is 5.00. The monoisotopic (exact) mass is 191 g/mol. The Morgan fingerprint density at radius 2 is 2.50 bits per heavy atom. The minimum atomic E-state index is 0.302. The second kappa shape index (κ2) is 6.22. The van der Waals surface area contributed by atoms with E-state index in [1.807, 2.05) is 13.1 Å². The largest absolute Gasteiger partial charge is 0.347 e. The van der Waals surface area contributed by atoms with Crippen molar-refractivity contribution in [3.05, 3.63) is 18.2 Å². The highest BCUT2D eigenvalue weighted by molar-refractivity contribution is 5.00. The maximum atomic E-state index is 4.25. The zero-order valence-electron chi connectivity index (χ0n) is 8.80. The van der Waals surface area contributed by atoms with E-state index in [-0.39, 0.29) is 0 Å². The molecule has 1 unspecified atom stereocenters. The molecule has 1 aromatic heterocycles. The molecule has 0 saturated carbocycles. The highest BCUT2D eigenvalue weighted by Gasteiger charge is 2.10. The molecule has 14 heavy (non-hydrogen) atoms. The summed E-state index contributed by atoms with van der Waals surface area (Å²) >= 11 is 0. The topological polar surface area (TPSA) is 40.7 Å². The van der Waals surface area contributed by atoms with E-state index in [0.29, 0.717) is 6.04 Å². The van der Waals surface area contributed by atoms with Crippen molar-refractivity contribution in [2.24, 2.45) is 0 Å². The quantitative estimate of drug-likeness (QED) is 0.697. The van der Waals surface area contributed by atoms with Crippen LogP contribution < -0.4 is 5.32 Å².